The summed E-state index contributed by atoms with van der Waals surface area (Å²) in [6.07, 6.45) is 6.00. The fourth-order valence-corrected chi connectivity index (χ4v) is 7.60. The Balaban J connectivity index is 1.77. The molecule has 3 rings (SSSR count). The van der Waals surface area contributed by atoms with Gasteiger partial charge in [0, 0.05) is 13.1 Å². The van der Waals surface area contributed by atoms with Crippen LogP contribution in [0.15, 0.2) is 34.1 Å². The maximum atomic E-state index is 13.0. The minimum Gasteiger partial charge on any atom is -0.481 e. The predicted octanol–water partition coefficient (Wildman–Crippen LogP) is 2.92. The number of piperidine rings is 1. The molecule has 0 radical (unpaired) electrons. The number of hydrogen-bond donors (Lipinski definition) is 1. The zero-order valence-corrected chi connectivity index (χ0v) is 18.3. The fraction of sp³-hybridized carbons (Fsp3) is 0.650. The Hall–Kier alpha value is -1.45. The summed E-state index contributed by atoms with van der Waals surface area (Å²) in [5.41, 5.74) is -1.12. The molecule has 1 saturated heterocycles. The third kappa shape index (κ3) is 4.83. The molecule has 1 aliphatic carbocycles. The molecule has 1 heterocycles. The fourth-order valence-electron chi connectivity index (χ4n) is 4.30. The van der Waals surface area contributed by atoms with Gasteiger partial charge in [-0.2, -0.15) is 4.31 Å². The molecule has 1 atom stereocenters. The van der Waals surface area contributed by atoms with Crippen LogP contribution < -0.4 is 0 Å². The van der Waals surface area contributed by atoms with Crippen LogP contribution in [-0.4, -0.2) is 51.1 Å². The van der Waals surface area contributed by atoms with Crippen molar-refractivity contribution in [3.8, 4) is 0 Å². The van der Waals surface area contributed by atoms with Crippen LogP contribution in [-0.2, 0) is 24.7 Å². The van der Waals surface area contributed by atoms with E-state index in [0.29, 0.717) is 12.8 Å². The number of nitrogens with zero attached hydrogens (tertiary/aromatic N) is 1. The molecule has 7 nitrogen and oxygen atoms in total. The molecule has 0 spiro atoms. The predicted molar refractivity (Wildman–Crippen MR) is 109 cm³/mol. The first-order valence-electron chi connectivity index (χ1n) is 10.1. The van der Waals surface area contributed by atoms with Crippen LogP contribution in [0.2, 0.25) is 0 Å². The average Bonchev–Trinajstić information content (AvgIpc) is 2.68. The van der Waals surface area contributed by atoms with Crippen LogP contribution in [0.4, 0.5) is 0 Å². The lowest BCUT2D eigenvalue weighted by molar-refractivity contribution is -0.150. The third-order valence-corrected chi connectivity index (χ3v) is 9.94. The van der Waals surface area contributed by atoms with Gasteiger partial charge in [-0.05, 0) is 62.8 Å². The van der Waals surface area contributed by atoms with Crippen molar-refractivity contribution >= 4 is 25.8 Å². The van der Waals surface area contributed by atoms with E-state index >= 15 is 0 Å². The van der Waals surface area contributed by atoms with Gasteiger partial charge in [0.1, 0.15) is 0 Å². The zero-order chi connectivity index (χ0) is 21.3. The molecule has 1 aromatic carbocycles. The monoisotopic (exact) mass is 443 g/mol. The van der Waals surface area contributed by atoms with E-state index in [9.17, 15) is 26.7 Å². The highest BCUT2D eigenvalue weighted by molar-refractivity contribution is 7.91. The van der Waals surface area contributed by atoms with Crippen LogP contribution in [0.1, 0.15) is 51.9 Å². The Morgan fingerprint density at radius 2 is 1.62 bits per heavy atom. The van der Waals surface area contributed by atoms with Gasteiger partial charge in [-0.25, -0.2) is 16.8 Å². The summed E-state index contributed by atoms with van der Waals surface area (Å²) in [5.74, 6) is -0.747. The van der Waals surface area contributed by atoms with Gasteiger partial charge < -0.3 is 5.11 Å². The van der Waals surface area contributed by atoms with Crippen molar-refractivity contribution in [2.45, 2.75) is 61.7 Å². The summed E-state index contributed by atoms with van der Waals surface area (Å²) >= 11 is 0. The molecular formula is C20H29NO6S2. The minimum atomic E-state index is -3.88. The van der Waals surface area contributed by atoms with E-state index in [-0.39, 0.29) is 34.6 Å². The van der Waals surface area contributed by atoms with E-state index in [2.05, 4.69) is 0 Å². The summed E-state index contributed by atoms with van der Waals surface area (Å²) in [6, 6.07) is 5.34. The molecule has 2 fully saturated rings. The van der Waals surface area contributed by atoms with Crippen molar-refractivity contribution in [2.75, 3.05) is 18.8 Å². The number of hydrogen-bond acceptors (Lipinski definition) is 5. The van der Waals surface area contributed by atoms with Gasteiger partial charge in [0.25, 0.3) is 0 Å². The van der Waals surface area contributed by atoms with Crippen LogP contribution >= 0.6 is 0 Å². The molecule has 0 bridgehead atoms. The lowest BCUT2D eigenvalue weighted by atomic mass is 9.83. The maximum absolute atomic E-state index is 13.0. The summed E-state index contributed by atoms with van der Waals surface area (Å²) in [5, 5.41) is 9.42. The van der Waals surface area contributed by atoms with Gasteiger partial charge in [-0.3, -0.25) is 4.79 Å². The number of carboxylic acid groups (broad SMARTS) is 1. The van der Waals surface area contributed by atoms with Gasteiger partial charge >= 0.3 is 5.97 Å². The molecule has 2 aliphatic rings. The number of carbonyl (C=O) groups is 1. The van der Waals surface area contributed by atoms with Crippen molar-refractivity contribution in [3.63, 3.8) is 0 Å². The second-order valence-corrected chi connectivity index (χ2v) is 12.5. The molecule has 1 aromatic rings. The summed E-state index contributed by atoms with van der Waals surface area (Å²) in [4.78, 5) is 11.6. The number of benzene rings is 1. The number of carboxylic acids is 1. The highest BCUT2D eigenvalue weighted by atomic mass is 32.2. The third-order valence-electron chi connectivity index (χ3n) is 6.18. The summed E-state index contributed by atoms with van der Waals surface area (Å²) in [6.45, 7) is 1.72. The van der Waals surface area contributed by atoms with Crippen LogP contribution in [0.3, 0.4) is 0 Å². The van der Waals surface area contributed by atoms with Crippen molar-refractivity contribution in [2.24, 2.45) is 11.3 Å². The molecule has 9 heteroatoms. The van der Waals surface area contributed by atoms with Crippen LogP contribution in [0.25, 0.3) is 0 Å². The van der Waals surface area contributed by atoms with E-state index in [1.54, 1.807) is 6.92 Å². The molecule has 1 N–H and O–H groups in total. The normalized spacial score (nSPS) is 25.0. The van der Waals surface area contributed by atoms with E-state index in [4.69, 9.17) is 0 Å². The summed E-state index contributed by atoms with van der Waals surface area (Å²) in [7, 11) is -7.34. The Kier molecular flexibility index (Phi) is 6.41. The van der Waals surface area contributed by atoms with E-state index in [1.165, 1.54) is 28.6 Å². The molecule has 1 saturated carbocycles. The van der Waals surface area contributed by atoms with Crippen molar-refractivity contribution in [1.29, 1.82) is 0 Å². The largest absolute Gasteiger partial charge is 0.481 e. The van der Waals surface area contributed by atoms with Crippen molar-refractivity contribution < 1.29 is 26.7 Å². The second kappa shape index (κ2) is 8.35. The number of sulfone groups is 1. The average molecular weight is 444 g/mol. The number of sulfonamides is 1. The molecule has 1 aliphatic heterocycles. The van der Waals surface area contributed by atoms with E-state index in [0.717, 1.165) is 32.1 Å². The molecule has 0 unspecified atom stereocenters. The van der Waals surface area contributed by atoms with Gasteiger partial charge in [0.15, 0.2) is 9.84 Å². The first-order valence-corrected chi connectivity index (χ1v) is 13.2. The van der Waals surface area contributed by atoms with Gasteiger partial charge in [-0.15, -0.1) is 0 Å². The quantitative estimate of drug-likeness (QED) is 0.724. The van der Waals surface area contributed by atoms with Crippen LogP contribution in [0.5, 0.6) is 0 Å². The Morgan fingerprint density at radius 3 is 2.21 bits per heavy atom. The van der Waals surface area contributed by atoms with Gasteiger partial charge in [-0.1, -0.05) is 19.3 Å². The highest BCUT2D eigenvalue weighted by Crippen LogP contribution is 2.33. The molecule has 0 amide bonds. The van der Waals surface area contributed by atoms with Crippen molar-refractivity contribution in [3.05, 3.63) is 24.3 Å². The number of aliphatic carboxylic acids is 1. The SMILES string of the molecule is C[C@]1(C(=O)O)CCCN(S(=O)(=O)c2ccc(S(=O)(=O)CC3CCCCC3)cc2)C1. The molecule has 29 heavy (non-hydrogen) atoms. The lowest BCUT2D eigenvalue weighted by Gasteiger charge is -2.36. The van der Waals surface area contributed by atoms with Crippen molar-refractivity contribution in [1.82, 2.24) is 4.31 Å². The molecular weight excluding hydrogens is 414 g/mol. The zero-order valence-electron chi connectivity index (χ0n) is 16.7. The van der Waals surface area contributed by atoms with E-state index < -0.39 is 31.2 Å². The second-order valence-electron chi connectivity index (χ2n) is 8.56. The Bertz CT molecular complexity index is 949. The van der Waals surface area contributed by atoms with Crippen LogP contribution in [0, 0.1) is 11.3 Å². The summed E-state index contributed by atoms with van der Waals surface area (Å²) < 4.78 is 52.5. The smallest absolute Gasteiger partial charge is 0.310 e. The van der Waals surface area contributed by atoms with E-state index in [1.807, 2.05) is 0 Å². The number of rotatable bonds is 6. The Morgan fingerprint density at radius 1 is 1.03 bits per heavy atom. The maximum Gasteiger partial charge on any atom is 0.310 e. The Labute approximate surface area is 173 Å². The topological polar surface area (TPSA) is 109 Å². The lowest BCUT2D eigenvalue weighted by Crippen LogP contribution is -2.48. The first-order chi connectivity index (χ1) is 13.5. The standard InChI is InChI=1S/C20H29NO6S2/c1-20(19(22)23)12-5-13-21(15-20)29(26,27)18-10-8-17(9-11-18)28(24,25)14-16-6-3-2-4-7-16/h8-11,16H,2-7,12-15H2,1H3,(H,22,23)/t20-/m0/s1. The van der Waals surface area contributed by atoms with Gasteiger partial charge in [0.05, 0.1) is 21.0 Å². The first kappa shape index (κ1) is 22.2. The minimum absolute atomic E-state index is 0.0104. The molecule has 162 valence electrons. The molecule has 0 aromatic heterocycles. The highest BCUT2D eigenvalue weighted by Gasteiger charge is 2.42. The van der Waals surface area contributed by atoms with Gasteiger partial charge in [0.2, 0.25) is 10.0 Å².